The third-order valence-corrected chi connectivity index (χ3v) is 20.2. The summed E-state index contributed by atoms with van der Waals surface area (Å²) in [6.45, 7) is 6.82. The number of aromatic nitrogens is 2. The number of amides is 14. The zero-order valence-electron chi connectivity index (χ0n) is 52.6. The number of unbranched alkanes of at least 4 members (excludes halogenated alkanes) is 1. The average Bonchev–Trinajstić information content (AvgIpc) is 1.64. The van der Waals surface area contributed by atoms with E-state index in [2.05, 4.69) is 73.8 Å². The molecule has 32 nitrogen and oxygen atoms in total. The molecule has 516 valence electrons. The predicted molar refractivity (Wildman–Crippen MR) is 348 cm³/mol. The highest BCUT2D eigenvalue weighted by Crippen LogP contribution is 2.27. The Morgan fingerprint density at radius 3 is 1.98 bits per heavy atom. The van der Waals surface area contributed by atoms with Gasteiger partial charge in [-0.15, -0.1) is 0 Å². The standard InChI is InChI=1S/C58H84N16O16S4/c1-6-7-8-34-51(83)67-36(15-28(2)3)52(84)71-41-25-94-92-24-40(50(82)62-20-45(78)65-37(53(85)66-34)16-30-9-11-32(75)12-10-30)70-55(87)42(72-57(89)47(29(4)5)73-46(79)21-61-49(81)35-13-14-44(77)64-35)26-93-91-23-39(48(59)80)69-56(88)43-18-33(76)22-74(43)58(90)38(68-54(41)86)17-31-19-60-27-63-31/h9-12,19,27-29,33-43,47,75-76H,6-8,13-18,20-26H2,1-5H3,(H2,59,80)(H,60,63)(H,61,81)(H,62,82)(H,64,77)(H,65,78)(H,66,85)(H,67,83)(H,68,86)(H,69,88)(H,70,87)(H,71,84)(H,72,89)(H,73,79)/t33-,34+,35+,36+,37+,38+,39+,40+,41+,42+,43+,47+/m1/s1. The van der Waals surface area contributed by atoms with Gasteiger partial charge in [0.05, 0.1) is 25.5 Å². The quantitative estimate of drug-likeness (QED) is 0.0670. The molecule has 0 radical (unpaired) electrons. The number of hydrogen-bond acceptors (Lipinski definition) is 21. The Morgan fingerprint density at radius 2 is 1.34 bits per heavy atom. The number of phenols is 1. The number of benzene rings is 1. The largest absolute Gasteiger partial charge is 0.508 e. The zero-order valence-corrected chi connectivity index (χ0v) is 55.8. The van der Waals surface area contributed by atoms with Gasteiger partial charge in [0.15, 0.2) is 0 Å². The van der Waals surface area contributed by atoms with E-state index in [9.17, 15) is 77.3 Å². The first-order valence-corrected chi connectivity index (χ1v) is 35.7. The van der Waals surface area contributed by atoms with Crippen molar-refractivity contribution in [2.24, 2.45) is 17.6 Å². The lowest BCUT2D eigenvalue weighted by Crippen LogP contribution is -2.61. The van der Waals surface area contributed by atoms with Gasteiger partial charge in [0, 0.05) is 67.1 Å². The van der Waals surface area contributed by atoms with Gasteiger partial charge in [-0.2, -0.15) is 0 Å². The summed E-state index contributed by atoms with van der Waals surface area (Å²) in [7, 11) is 3.68. The average molecular weight is 1390 g/mol. The van der Waals surface area contributed by atoms with E-state index in [4.69, 9.17) is 5.73 Å². The molecular formula is C58H84N16O16S4. The van der Waals surface area contributed by atoms with E-state index in [1.807, 2.05) is 6.92 Å². The van der Waals surface area contributed by atoms with Gasteiger partial charge >= 0.3 is 0 Å². The lowest BCUT2D eigenvalue weighted by Gasteiger charge is -2.31. The minimum atomic E-state index is -1.59. The third-order valence-electron chi connectivity index (χ3n) is 15.4. The summed E-state index contributed by atoms with van der Waals surface area (Å²) in [5, 5.41) is 52.3. The number of nitrogens with two attached hydrogens (primary N) is 1. The lowest BCUT2D eigenvalue weighted by atomic mass is 10.0. The molecule has 5 heterocycles. The summed E-state index contributed by atoms with van der Waals surface area (Å²) in [5.74, 6) is -14.1. The number of primary amides is 1. The second-order valence-electron chi connectivity index (χ2n) is 23.8. The van der Waals surface area contributed by atoms with Crippen molar-refractivity contribution in [2.75, 3.05) is 42.6 Å². The molecule has 94 heavy (non-hydrogen) atoms. The van der Waals surface area contributed by atoms with Crippen molar-refractivity contribution < 1.29 is 77.3 Å². The van der Waals surface area contributed by atoms with Crippen LogP contribution in [-0.2, 0) is 80.0 Å². The second kappa shape index (κ2) is 36.7. The molecule has 4 saturated heterocycles. The van der Waals surface area contributed by atoms with Gasteiger partial charge in [0.25, 0.3) is 0 Å². The molecule has 2 aromatic rings. The number of rotatable bonds is 17. The SMILES string of the molecule is CCCC[C@@H]1NC(=O)[C@H](Cc2ccc(O)cc2)NC(=O)CNC(=O)[C@@H]2CSSC[C@H](NC(=O)[C@H](CC(C)C)NC1=O)C(=O)N[C@@H](Cc1cnc[nH]1)C(=O)N1C[C@H](O)C[C@H]1C(=O)N[C@H](C(N)=O)CSSC[C@H](NC(=O)[C@@H](NC(=O)CNC(=O)[C@@H]1CCC(=O)N1)C(C)C)C(=O)N2. The molecule has 17 N–H and O–H groups in total. The first-order chi connectivity index (χ1) is 44.7. The fraction of sp³-hybridized carbons (Fsp3) is 0.603. The number of carbonyl (C=O) groups excluding carboxylic acids is 14. The van der Waals surface area contributed by atoms with E-state index in [1.165, 1.54) is 36.8 Å². The summed E-state index contributed by atoms with van der Waals surface area (Å²) >= 11 is 0. The van der Waals surface area contributed by atoms with Crippen LogP contribution in [0.25, 0.3) is 0 Å². The molecule has 6 rings (SSSR count). The molecule has 36 heteroatoms. The Bertz CT molecular complexity index is 3060. The number of carbonyl (C=O) groups is 14. The number of aliphatic hydroxyl groups is 1. The highest BCUT2D eigenvalue weighted by atomic mass is 33.1. The van der Waals surface area contributed by atoms with Gasteiger partial charge in [0.1, 0.15) is 72.2 Å². The van der Waals surface area contributed by atoms with Crippen molar-refractivity contribution >= 4 is 126 Å². The van der Waals surface area contributed by atoms with Crippen LogP contribution in [0.4, 0.5) is 0 Å². The number of nitrogens with zero attached hydrogens (tertiary/aromatic N) is 2. The summed E-state index contributed by atoms with van der Waals surface area (Å²) in [6, 6.07) is -9.67. The number of nitrogens with one attached hydrogen (secondary N) is 13. The molecular weight excluding hydrogens is 1310 g/mol. The number of phenolic OH excluding ortho intramolecular Hbond substituents is 1. The van der Waals surface area contributed by atoms with Crippen molar-refractivity contribution in [1.82, 2.24) is 78.7 Å². The third kappa shape index (κ3) is 23.3. The minimum absolute atomic E-state index is 0.00485. The maximum atomic E-state index is 15.0. The number of hydrogen-bond donors (Lipinski definition) is 16. The Hall–Kier alpha value is -7.83. The van der Waals surface area contributed by atoms with Crippen LogP contribution in [-0.4, -0.2) is 223 Å². The fourth-order valence-corrected chi connectivity index (χ4v) is 14.9. The summed E-state index contributed by atoms with van der Waals surface area (Å²) in [4.78, 5) is 204. The molecule has 4 aliphatic rings. The molecule has 0 spiro atoms. The fourth-order valence-electron chi connectivity index (χ4n) is 10.3. The van der Waals surface area contributed by atoms with E-state index in [0.29, 0.717) is 24.1 Å². The van der Waals surface area contributed by atoms with Gasteiger partial charge in [0.2, 0.25) is 82.7 Å². The van der Waals surface area contributed by atoms with Crippen LogP contribution in [0.3, 0.4) is 0 Å². The van der Waals surface area contributed by atoms with E-state index in [1.54, 1.807) is 27.7 Å². The van der Waals surface area contributed by atoms with E-state index >= 15 is 0 Å². The molecule has 2 bridgehead atoms. The summed E-state index contributed by atoms with van der Waals surface area (Å²) in [5.41, 5.74) is 6.62. The van der Waals surface area contributed by atoms with Crippen LogP contribution < -0.4 is 69.5 Å². The van der Waals surface area contributed by atoms with Crippen molar-refractivity contribution in [2.45, 2.75) is 165 Å². The highest BCUT2D eigenvalue weighted by Gasteiger charge is 2.44. The number of aliphatic hydroxyl groups excluding tert-OH is 1. The number of fused-ring (bicyclic) bond motifs is 6. The normalized spacial score (nSPS) is 26.6. The molecule has 1 aromatic heterocycles. The number of aromatic hydroxyl groups is 1. The van der Waals surface area contributed by atoms with Crippen molar-refractivity contribution in [3.05, 3.63) is 48.0 Å². The minimum Gasteiger partial charge on any atom is -0.508 e. The molecule has 0 aliphatic carbocycles. The smallest absolute Gasteiger partial charge is 0.246 e. The van der Waals surface area contributed by atoms with Crippen molar-refractivity contribution in [3.8, 4) is 5.75 Å². The zero-order chi connectivity index (χ0) is 68.8. The Labute approximate surface area is 558 Å². The maximum Gasteiger partial charge on any atom is 0.246 e. The van der Waals surface area contributed by atoms with Gasteiger partial charge in [-0.05, 0) is 48.8 Å². The molecule has 4 aliphatic heterocycles. The molecule has 14 amide bonds. The Balaban J connectivity index is 1.40. The summed E-state index contributed by atoms with van der Waals surface area (Å²) < 4.78 is 0. The van der Waals surface area contributed by atoms with Crippen LogP contribution in [0.15, 0.2) is 36.8 Å². The molecule has 0 unspecified atom stereocenters. The topological polar surface area (TPSA) is 482 Å². The van der Waals surface area contributed by atoms with Crippen molar-refractivity contribution in [3.63, 3.8) is 0 Å². The first-order valence-electron chi connectivity index (χ1n) is 30.8. The maximum absolute atomic E-state index is 15.0. The van der Waals surface area contributed by atoms with Crippen LogP contribution in [0.1, 0.15) is 90.8 Å². The highest BCUT2D eigenvalue weighted by molar-refractivity contribution is 8.77. The van der Waals surface area contributed by atoms with Gasteiger partial charge in [-0.1, -0.05) is 103 Å². The van der Waals surface area contributed by atoms with Crippen molar-refractivity contribution in [1.29, 1.82) is 0 Å². The number of aromatic amines is 1. The van der Waals surface area contributed by atoms with Gasteiger partial charge in [-0.3, -0.25) is 67.1 Å². The molecule has 12 atom stereocenters. The summed E-state index contributed by atoms with van der Waals surface area (Å²) in [6.07, 6.45) is 2.10. The van der Waals surface area contributed by atoms with Crippen LogP contribution in [0.5, 0.6) is 5.75 Å². The molecule has 1 aromatic carbocycles. The number of imidazole rings is 1. The Kier molecular flexibility index (Phi) is 29.4. The van der Waals surface area contributed by atoms with Gasteiger partial charge < -0.3 is 89.6 Å². The lowest BCUT2D eigenvalue weighted by molar-refractivity contribution is -0.142. The van der Waals surface area contributed by atoms with Crippen LogP contribution >= 0.6 is 43.2 Å². The molecule has 4 fully saturated rings. The van der Waals surface area contributed by atoms with E-state index in [0.717, 1.165) is 48.1 Å². The van der Waals surface area contributed by atoms with E-state index < -0.39 is 175 Å². The Morgan fingerprint density at radius 1 is 0.702 bits per heavy atom. The van der Waals surface area contributed by atoms with Crippen LogP contribution in [0.2, 0.25) is 0 Å². The predicted octanol–water partition coefficient (Wildman–Crippen LogP) is -4.10. The second-order valence-corrected chi connectivity index (χ2v) is 28.9. The van der Waals surface area contributed by atoms with E-state index in [-0.39, 0.29) is 85.5 Å². The number of H-pyrrole nitrogens is 1. The monoisotopic (exact) mass is 1390 g/mol. The van der Waals surface area contributed by atoms with Gasteiger partial charge in [-0.25, -0.2) is 4.98 Å². The molecule has 0 saturated carbocycles. The first kappa shape index (κ1) is 75.2. The van der Waals surface area contributed by atoms with Crippen LogP contribution in [0, 0.1) is 11.8 Å².